The molecule has 0 N–H and O–H groups in total. The lowest BCUT2D eigenvalue weighted by Crippen LogP contribution is -1.97. The second-order valence-electron chi connectivity index (χ2n) is 3.83. The highest BCUT2D eigenvalue weighted by atomic mass is 79.9. The number of rotatable bonds is 4. The van der Waals surface area contributed by atoms with Crippen LogP contribution in [0.2, 0.25) is 0 Å². The molecule has 2 aromatic carbocycles. The van der Waals surface area contributed by atoms with Crippen LogP contribution in [0.4, 0.5) is 10.1 Å². The maximum Gasteiger partial charge on any atom is 0.314 e. The van der Waals surface area contributed by atoms with E-state index in [2.05, 4.69) is 15.9 Å². The Morgan fingerprint density at radius 2 is 2.10 bits per heavy atom. The molecule has 0 bridgehead atoms. The van der Waals surface area contributed by atoms with Crippen LogP contribution in [0.15, 0.2) is 40.9 Å². The van der Waals surface area contributed by atoms with Gasteiger partial charge in [-0.3, -0.25) is 10.1 Å². The monoisotopic (exact) mass is 359 g/mol. The van der Waals surface area contributed by atoms with E-state index in [1.807, 2.05) is 0 Å². The summed E-state index contributed by atoms with van der Waals surface area (Å²) in [5, 5.41) is 10.9. The molecular weight excluding hydrogens is 353 g/mol. The summed E-state index contributed by atoms with van der Waals surface area (Å²) in [5.74, 6) is -0.825. The topological polar surface area (TPSA) is 52.4 Å². The van der Waals surface area contributed by atoms with Crippen LogP contribution in [0, 0.1) is 15.9 Å². The third kappa shape index (κ3) is 3.08. The van der Waals surface area contributed by atoms with E-state index < -0.39 is 22.2 Å². The smallest absolute Gasteiger partial charge is 0.314 e. The SMILES string of the molecule is O=[N+]([O-])c1cccc(F)c1Oc1cc(Br)ccc1CCl. The maximum absolute atomic E-state index is 13.8. The summed E-state index contributed by atoms with van der Waals surface area (Å²) in [5.41, 5.74) is 0.165. The van der Waals surface area contributed by atoms with Gasteiger partial charge in [-0.05, 0) is 18.2 Å². The molecule has 4 nitrogen and oxygen atoms in total. The van der Waals surface area contributed by atoms with Crippen molar-refractivity contribution in [1.82, 2.24) is 0 Å². The fourth-order valence-electron chi connectivity index (χ4n) is 1.59. The van der Waals surface area contributed by atoms with E-state index in [-0.39, 0.29) is 11.6 Å². The lowest BCUT2D eigenvalue weighted by Gasteiger charge is -2.11. The van der Waals surface area contributed by atoms with Gasteiger partial charge < -0.3 is 4.74 Å². The molecule has 0 aliphatic rings. The number of para-hydroxylation sites is 1. The van der Waals surface area contributed by atoms with Crippen molar-refractivity contribution in [1.29, 1.82) is 0 Å². The molecule has 0 aromatic heterocycles. The predicted molar refractivity (Wildman–Crippen MR) is 76.8 cm³/mol. The van der Waals surface area contributed by atoms with Gasteiger partial charge >= 0.3 is 5.69 Å². The molecule has 7 heteroatoms. The number of hydrogen-bond acceptors (Lipinski definition) is 3. The molecule has 0 atom stereocenters. The minimum absolute atomic E-state index is 0.144. The van der Waals surface area contributed by atoms with Crippen molar-refractivity contribution in [2.24, 2.45) is 0 Å². The standard InChI is InChI=1S/C13H8BrClFNO3/c14-9-5-4-8(7-15)12(6-9)20-13-10(16)2-1-3-11(13)17(18)19/h1-6H,7H2. The second kappa shape index (κ2) is 6.19. The van der Waals surface area contributed by atoms with Gasteiger partial charge in [-0.15, -0.1) is 11.6 Å². The van der Waals surface area contributed by atoms with Gasteiger partial charge in [0.05, 0.1) is 10.8 Å². The Morgan fingerprint density at radius 3 is 2.75 bits per heavy atom. The van der Waals surface area contributed by atoms with Gasteiger partial charge in [0.15, 0.2) is 5.82 Å². The number of nitro benzene ring substituents is 1. The molecule has 0 aliphatic heterocycles. The highest BCUT2D eigenvalue weighted by Crippen LogP contribution is 2.36. The van der Waals surface area contributed by atoms with E-state index >= 15 is 0 Å². The van der Waals surface area contributed by atoms with Gasteiger partial charge in [-0.2, -0.15) is 0 Å². The maximum atomic E-state index is 13.8. The van der Waals surface area contributed by atoms with Gasteiger partial charge in [-0.25, -0.2) is 4.39 Å². The van der Waals surface area contributed by atoms with Crippen molar-refractivity contribution in [3.8, 4) is 11.5 Å². The van der Waals surface area contributed by atoms with Crippen LogP contribution in [0.25, 0.3) is 0 Å². The molecule has 104 valence electrons. The summed E-state index contributed by atoms with van der Waals surface area (Å²) in [7, 11) is 0. The Labute approximate surface area is 127 Å². The number of ether oxygens (including phenoxy) is 1. The summed E-state index contributed by atoms with van der Waals surface area (Å²) in [6, 6.07) is 8.55. The number of nitro groups is 1. The third-order valence-corrected chi connectivity index (χ3v) is 3.31. The molecular formula is C13H8BrClFNO3. The average Bonchev–Trinajstić information content (AvgIpc) is 2.41. The first-order valence-corrected chi connectivity index (χ1v) is 6.81. The van der Waals surface area contributed by atoms with Crippen LogP contribution < -0.4 is 4.74 Å². The third-order valence-electron chi connectivity index (χ3n) is 2.53. The lowest BCUT2D eigenvalue weighted by molar-refractivity contribution is -0.385. The minimum Gasteiger partial charge on any atom is -0.447 e. The number of alkyl halides is 1. The summed E-state index contributed by atoms with van der Waals surface area (Å²) in [6.07, 6.45) is 0. The number of hydrogen-bond donors (Lipinski definition) is 0. The van der Waals surface area contributed by atoms with Crippen molar-refractivity contribution < 1.29 is 14.1 Å². The van der Waals surface area contributed by atoms with E-state index in [1.54, 1.807) is 18.2 Å². The highest BCUT2D eigenvalue weighted by molar-refractivity contribution is 9.10. The normalized spacial score (nSPS) is 10.3. The summed E-state index contributed by atoms with van der Waals surface area (Å²) < 4.78 is 19.8. The first-order valence-electron chi connectivity index (χ1n) is 5.48. The van der Waals surface area contributed by atoms with E-state index in [1.165, 1.54) is 12.1 Å². The van der Waals surface area contributed by atoms with Crippen LogP contribution in [0.3, 0.4) is 0 Å². The zero-order chi connectivity index (χ0) is 14.7. The van der Waals surface area contributed by atoms with Crippen molar-refractivity contribution in [2.45, 2.75) is 5.88 Å². The minimum atomic E-state index is -0.806. The van der Waals surface area contributed by atoms with Crippen LogP contribution >= 0.6 is 27.5 Å². The summed E-state index contributed by atoms with van der Waals surface area (Å²) >= 11 is 9.02. The molecule has 0 saturated carbocycles. The van der Waals surface area contributed by atoms with Crippen molar-refractivity contribution in [3.63, 3.8) is 0 Å². The van der Waals surface area contributed by atoms with Gasteiger partial charge in [0.25, 0.3) is 0 Å². The largest absolute Gasteiger partial charge is 0.447 e. The molecule has 0 fully saturated rings. The first-order chi connectivity index (χ1) is 9.52. The Balaban J connectivity index is 2.50. The Kier molecular flexibility index (Phi) is 4.57. The fourth-order valence-corrected chi connectivity index (χ4v) is 2.15. The second-order valence-corrected chi connectivity index (χ2v) is 5.02. The van der Waals surface area contributed by atoms with E-state index in [0.29, 0.717) is 10.0 Å². The Morgan fingerprint density at radius 1 is 1.35 bits per heavy atom. The van der Waals surface area contributed by atoms with E-state index in [0.717, 1.165) is 6.07 Å². The average molecular weight is 361 g/mol. The van der Waals surface area contributed by atoms with Crippen molar-refractivity contribution in [3.05, 3.63) is 62.4 Å². The Bertz CT molecular complexity index is 666. The number of benzene rings is 2. The van der Waals surface area contributed by atoms with E-state index in [9.17, 15) is 14.5 Å². The zero-order valence-electron chi connectivity index (χ0n) is 9.98. The first kappa shape index (κ1) is 14.7. The van der Waals surface area contributed by atoms with Crippen molar-refractivity contribution >= 4 is 33.2 Å². The van der Waals surface area contributed by atoms with Crippen LogP contribution in [-0.2, 0) is 5.88 Å². The molecule has 20 heavy (non-hydrogen) atoms. The molecule has 0 aliphatic carbocycles. The molecule has 2 aromatic rings. The summed E-state index contributed by atoms with van der Waals surface area (Å²) in [4.78, 5) is 10.2. The quantitative estimate of drug-likeness (QED) is 0.436. The van der Waals surface area contributed by atoms with Crippen molar-refractivity contribution in [2.75, 3.05) is 0 Å². The van der Waals surface area contributed by atoms with Gasteiger partial charge in [0.1, 0.15) is 5.75 Å². The van der Waals surface area contributed by atoms with Crippen LogP contribution in [-0.4, -0.2) is 4.92 Å². The van der Waals surface area contributed by atoms with Crippen LogP contribution in [0.1, 0.15) is 5.56 Å². The number of nitrogens with zero attached hydrogens (tertiary/aromatic N) is 1. The summed E-state index contributed by atoms with van der Waals surface area (Å²) in [6.45, 7) is 0. The molecule has 0 heterocycles. The molecule has 0 saturated heterocycles. The number of halogens is 3. The molecule has 0 amide bonds. The van der Waals surface area contributed by atoms with Gasteiger partial charge in [-0.1, -0.05) is 28.1 Å². The molecule has 2 rings (SSSR count). The molecule has 0 unspecified atom stereocenters. The highest BCUT2D eigenvalue weighted by Gasteiger charge is 2.21. The van der Waals surface area contributed by atoms with E-state index in [4.69, 9.17) is 16.3 Å². The molecule has 0 radical (unpaired) electrons. The van der Waals surface area contributed by atoms with Gasteiger partial charge in [0, 0.05) is 16.1 Å². The molecule has 0 spiro atoms. The predicted octanol–water partition coefficient (Wildman–Crippen LogP) is 5.03. The zero-order valence-corrected chi connectivity index (χ0v) is 12.3. The van der Waals surface area contributed by atoms with Crippen LogP contribution in [0.5, 0.6) is 11.5 Å². The Hall–Kier alpha value is -1.66. The fraction of sp³-hybridized carbons (Fsp3) is 0.0769. The van der Waals surface area contributed by atoms with Gasteiger partial charge in [0.2, 0.25) is 5.75 Å². The lowest BCUT2D eigenvalue weighted by atomic mass is 10.2.